The Balaban J connectivity index is 1.55. The van der Waals surface area contributed by atoms with Crippen LogP contribution >= 0.6 is 0 Å². The molecule has 0 amide bonds. The molecule has 1 heterocycles. The van der Waals surface area contributed by atoms with Crippen LogP contribution in [0.25, 0.3) is 0 Å². The van der Waals surface area contributed by atoms with E-state index in [1.807, 2.05) is 6.92 Å². The lowest BCUT2D eigenvalue weighted by Gasteiger charge is -2.26. The van der Waals surface area contributed by atoms with Gasteiger partial charge in [0, 0.05) is 32.2 Å². The molecule has 7 nitrogen and oxygen atoms in total. The molecule has 0 saturated carbocycles. The van der Waals surface area contributed by atoms with Gasteiger partial charge in [-0.3, -0.25) is 15.0 Å². The molecule has 0 spiro atoms. The van der Waals surface area contributed by atoms with Gasteiger partial charge in [-0.2, -0.15) is 0 Å². The second-order valence-electron chi connectivity index (χ2n) is 5.99. The van der Waals surface area contributed by atoms with Gasteiger partial charge in [0.05, 0.1) is 24.7 Å². The van der Waals surface area contributed by atoms with Crippen LogP contribution in [0.5, 0.6) is 5.75 Å². The molecule has 2 rings (SSSR count). The van der Waals surface area contributed by atoms with Crippen LogP contribution in [0.2, 0.25) is 0 Å². The summed E-state index contributed by atoms with van der Waals surface area (Å²) in [6.07, 6.45) is 1.86. The van der Waals surface area contributed by atoms with Gasteiger partial charge in [-0.15, -0.1) is 0 Å². The lowest BCUT2D eigenvalue weighted by molar-refractivity contribution is -0.385. The number of aryl methyl sites for hydroxylation is 1. The first kappa shape index (κ1) is 18.6. The fraction of sp³-hybridized carbons (Fsp3) is 0.647. The van der Waals surface area contributed by atoms with Crippen LogP contribution in [0.4, 0.5) is 5.69 Å². The van der Waals surface area contributed by atoms with Gasteiger partial charge in [0.25, 0.3) is 0 Å². The third-order valence-electron chi connectivity index (χ3n) is 4.03. The van der Waals surface area contributed by atoms with Gasteiger partial charge in [0.15, 0.2) is 5.75 Å². The average Bonchev–Trinajstić information content (AvgIpc) is 2.58. The van der Waals surface area contributed by atoms with Crippen LogP contribution in [0, 0.1) is 17.0 Å². The Morgan fingerprint density at radius 1 is 1.29 bits per heavy atom. The van der Waals surface area contributed by atoms with E-state index >= 15 is 0 Å². The number of unbranched alkanes of at least 4 members (excludes halogenated alkanes) is 1. The zero-order chi connectivity index (χ0) is 17.2. The van der Waals surface area contributed by atoms with E-state index in [0.29, 0.717) is 12.4 Å². The summed E-state index contributed by atoms with van der Waals surface area (Å²) in [6, 6.07) is 4.94. The topological polar surface area (TPSA) is 76.9 Å². The minimum Gasteiger partial charge on any atom is -0.487 e. The molecule has 0 aromatic heterocycles. The SMILES string of the molecule is Cc1ccc([N+](=O)[O-])c(OCCCCNCCN2CCOCC2)c1. The van der Waals surface area contributed by atoms with E-state index in [4.69, 9.17) is 9.47 Å². The summed E-state index contributed by atoms with van der Waals surface area (Å²) in [5.41, 5.74) is 0.990. The second-order valence-corrected chi connectivity index (χ2v) is 5.99. The Hall–Kier alpha value is -1.70. The van der Waals surface area contributed by atoms with Gasteiger partial charge in [-0.1, -0.05) is 6.07 Å². The molecule has 134 valence electrons. The van der Waals surface area contributed by atoms with Gasteiger partial charge in [0.2, 0.25) is 0 Å². The molecule has 24 heavy (non-hydrogen) atoms. The third-order valence-corrected chi connectivity index (χ3v) is 4.03. The molecule has 1 aliphatic heterocycles. The maximum Gasteiger partial charge on any atom is 0.310 e. The molecule has 0 bridgehead atoms. The first-order valence-electron chi connectivity index (χ1n) is 8.55. The van der Waals surface area contributed by atoms with E-state index in [1.54, 1.807) is 12.1 Å². The Morgan fingerprint density at radius 2 is 2.08 bits per heavy atom. The summed E-state index contributed by atoms with van der Waals surface area (Å²) in [5, 5.41) is 14.4. The maximum absolute atomic E-state index is 11.0. The molecule has 0 aliphatic carbocycles. The summed E-state index contributed by atoms with van der Waals surface area (Å²) >= 11 is 0. The van der Waals surface area contributed by atoms with Crippen LogP contribution in [-0.4, -0.2) is 62.4 Å². The number of ether oxygens (including phenoxy) is 2. The van der Waals surface area contributed by atoms with E-state index in [0.717, 1.165) is 64.3 Å². The molecule has 1 aromatic rings. The number of nitro benzene ring substituents is 1. The molecule has 1 fully saturated rings. The molecular weight excluding hydrogens is 310 g/mol. The largest absolute Gasteiger partial charge is 0.487 e. The molecular formula is C17H27N3O4. The molecule has 7 heteroatoms. The maximum atomic E-state index is 11.0. The van der Waals surface area contributed by atoms with Gasteiger partial charge in [-0.25, -0.2) is 0 Å². The summed E-state index contributed by atoms with van der Waals surface area (Å²) in [4.78, 5) is 13.0. The van der Waals surface area contributed by atoms with Gasteiger partial charge in [0.1, 0.15) is 0 Å². The Labute approximate surface area is 143 Å². The highest BCUT2D eigenvalue weighted by atomic mass is 16.6. The number of morpholine rings is 1. The zero-order valence-electron chi connectivity index (χ0n) is 14.3. The van der Waals surface area contributed by atoms with E-state index in [1.165, 1.54) is 6.07 Å². The molecule has 1 aromatic carbocycles. The van der Waals surface area contributed by atoms with Gasteiger partial charge < -0.3 is 14.8 Å². The zero-order valence-corrected chi connectivity index (χ0v) is 14.3. The fourth-order valence-corrected chi connectivity index (χ4v) is 2.61. The van der Waals surface area contributed by atoms with E-state index in [2.05, 4.69) is 10.2 Å². The quantitative estimate of drug-likeness (QED) is 0.400. The molecule has 1 N–H and O–H groups in total. The van der Waals surface area contributed by atoms with Crippen LogP contribution in [0.15, 0.2) is 18.2 Å². The Bertz CT molecular complexity index is 519. The van der Waals surface area contributed by atoms with Crippen molar-refractivity contribution in [2.45, 2.75) is 19.8 Å². The molecule has 1 aliphatic rings. The van der Waals surface area contributed by atoms with Crippen LogP contribution < -0.4 is 10.1 Å². The smallest absolute Gasteiger partial charge is 0.310 e. The van der Waals surface area contributed by atoms with Crippen molar-refractivity contribution in [2.75, 3.05) is 52.5 Å². The summed E-state index contributed by atoms with van der Waals surface area (Å²) < 4.78 is 10.9. The summed E-state index contributed by atoms with van der Waals surface area (Å²) in [6.45, 7) is 9.06. The fourth-order valence-electron chi connectivity index (χ4n) is 2.61. The highest BCUT2D eigenvalue weighted by Gasteiger charge is 2.14. The molecule has 0 unspecified atom stereocenters. The highest BCUT2D eigenvalue weighted by Crippen LogP contribution is 2.27. The minimum atomic E-state index is -0.401. The lowest BCUT2D eigenvalue weighted by Crippen LogP contribution is -2.40. The van der Waals surface area contributed by atoms with Gasteiger partial charge >= 0.3 is 5.69 Å². The number of nitrogens with one attached hydrogen (secondary N) is 1. The number of hydrogen-bond donors (Lipinski definition) is 1. The Morgan fingerprint density at radius 3 is 2.83 bits per heavy atom. The van der Waals surface area contributed by atoms with Crippen molar-refractivity contribution in [3.8, 4) is 5.75 Å². The predicted molar refractivity (Wildman–Crippen MR) is 92.7 cm³/mol. The standard InChI is InChI=1S/C17H27N3O4/c1-15-4-5-16(20(21)22)17(14-15)24-11-3-2-6-18-7-8-19-9-12-23-13-10-19/h4-5,14,18H,2-3,6-13H2,1H3. The number of nitrogens with zero attached hydrogens (tertiary/aromatic N) is 2. The van der Waals surface area contributed by atoms with Crippen molar-refractivity contribution < 1.29 is 14.4 Å². The normalized spacial score (nSPS) is 15.4. The van der Waals surface area contributed by atoms with E-state index < -0.39 is 4.92 Å². The van der Waals surface area contributed by atoms with Crippen molar-refractivity contribution in [2.24, 2.45) is 0 Å². The predicted octanol–water partition coefficient (Wildman–Crippen LogP) is 1.98. The highest BCUT2D eigenvalue weighted by molar-refractivity contribution is 5.48. The molecule has 1 saturated heterocycles. The van der Waals surface area contributed by atoms with Crippen LogP contribution in [0.3, 0.4) is 0 Å². The third kappa shape index (κ3) is 6.43. The lowest BCUT2D eigenvalue weighted by atomic mass is 10.2. The number of nitro groups is 1. The average molecular weight is 337 g/mol. The summed E-state index contributed by atoms with van der Waals surface area (Å²) in [5.74, 6) is 0.361. The van der Waals surface area contributed by atoms with Crippen molar-refractivity contribution in [3.05, 3.63) is 33.9 Å². The number of hydrogen-bond acceptors (Lipinski definition) is 6. The van der Waals surface area contributed by atoms with Crippen molar-refractivity contribution >= 4 is 5.69 Å². The monoisotopic (exact) mass is 337 g/mol. The minimum absolute atomic E-state index is 0.0317. The molecule has 0 atom stereocenters. The van der Waals surface area contributed by atoms with Crippen LogP contribution in [-0.2, 0) is 4.74 Å². The first-order valence-corrected chi connectivity index (χ1v) is 8.55. The van der Waals surface area contributed by atoms with Crippen LogP contribution in [0.1, 0.15) is 18.4 Å². The first-order chi connectivity index (χ1) is 11.7. The van der Waals surface area contributed by atoms with E-state index in [9.17, 15) is 10.1 Å². The van der Waals surface area contributed by atoms with Crippen molar-refractivity contribution in [1.29, 1.82) is 0 Å². The number of rotatable bonds is 10. The molecule has 0 radical (unpaired) electrons. The number of benzene rings is 1. The van der Waals surface area contributed by atoms with Gasteiger partial charge in [-0.05, 0) is 37.9 Å². The van der Waals surface area contributed by atoms with Crippen molar-refractivity contribution in [1.82, 2.24) is 10.2 Å². The van der Waals surface area contributed by atoms with E-state index in [-0.39, 0.29) is 5.69 Å². The van der Waals surface area contributed by atoms with Crippen molar-refractivity contribution in [3.63, 3.8) is 0 Å². The summed E-state index contributed by atoms with van der Waals surface area (Å²) in [7, 11) is 0. The second kappa shape index (κ2) is 10.2. The Kier molecular flexibility index (Phi) is 7.94.